The Balaban J connectivity index is 1.56. The second-order valence-corrected chi connectivity index (χ2v) is 11.1. The highest BCUT2D eigenvalue weighted by molar-refractivity contribution is 7.90. The highest BCUT2D eigenvalue weighted by Gasteiger charge is 2.30. The Morgan fingerprint density at radius 3 is 2.89 bits per heavy atom. The molecule has 35 heavy (non-hydrogen) atoms. The Labute approximate surface area is 208 Å². The van der Waals surface area contributed by atoms with E-state index < -0.39 is 27.8 Å². The van der Waals surface area contributed by atoms with Gasteiger partial charge in [0, 0.05) is 17.2 Å². The Morgan fingerprint density at radius 1 is 1.37 bits per heavy atom. The summed E-state index contributed by atoms with van der Waals surface area (Å²) < 4.78 is 42.2. The second-order valence-electron chi connectivity index (χ2n) is 8.62. The molecule has 0 bridgehead atoms. The van der Waals surface area contributed by atoms with Gasteiger partial charge in [0.2, 0.25) is 10.0 Å². The number of ether oxygens (including phenoxy) is 2. The molecule has 184 valence electrons. The third kappa shape index (κ3) is 5.67. The van der Waals surface area contributed by atoms with Crippen molar-refractivity contribution in [2.45, 2.75) is 51.4 Å². The van der Waals surface area contributed by atoms with Crippen LogP contribution < -0.4 is 4.72 Å². The van der Waals surface area contributed by atoms with Crippen molar-refractivity contribution in [3.63, 3.8) is 0 Å². The second kappa shape index (κ2) is 10.4. The maximum atomic E-state index is 12.4. The molecule has 2 aliphatic rings. The molecule has 1 aromatic carbocycles. The topological polar surface area (TPSA) is 131 Å². The summed E-state index contributed by atoms with van der Waals surface area (Å²) in [6.07, 6.45) is 5.40. The molecular weight excluding hydrogens is 488 g/mol. The first kappa shape index (κ1) is 25.2. The Morgan fingerprint density at radius 2 is 2.17 bits per heavy atom. The van der Waals surface area contributed by atoms with Crippen LogP contribution in [0.4, 0.5) is 0 Å². The standard InChI is InChI=1S/C24H26N4O5S2/c1-14(2)33-21-10-7-15(11-16(21)12-25)24-26-23(27-34-24)19-6-4-5-18-17(19)8-9-20(18)28-35(30,31)13-22(29)32-3/h4-7,11,14,20-21,28H,8-10,13H2,1-3H3/t20-,21?/m0/s1. The van der Waals surface area contributed by atoms with Gasteiger partial charge in [-0.2, -0.15) is 9.64 Å². The van der Waals surface area contributed by atoms with Gasteiger partial charge in [-0.3, -0.25) is 4.79 Å². The fraction of sp³-hybridized carbons (Fsp3) is 0.417. The Hall–Kier alpha value is -2.91. The van der Waals surface area contributed by atoms with Crippen LogP contribution >= 0.6 is 11.5 Å². The maximum Gasteiger partial charge on any atom is 0.322 e. The number of nitrogens with zero attached hydrogens (tertiary/aromatic N) is 3. The van der Waals surface area contributed by atoms with Crippen molar-refractivity contribution in [1.82, 2.24) is 14.1 Å². The molecular formula is C24H26N4O5S2. The molecule has 9 nitrogen and oxygen atoms in total. The van der Waals surface area contributed by atoms with Crippen LogP contribution in [0, 0.1) is 11.3 Å². The molecule has 0 aliphatic heterocycles. The predicted octanol–water partition coefficient (Wildman–Crippen LogP) is 3.32. The molecule has 0 fully saturated rings. The van der Waals surface area contributed by atoms with Crippen LogP contribution in [0.2, 0.25) is 0 Å². The van der Waals surface area contributed by atoms with E-state index in [0.717, 1.165) is 29.4 Å². The Bertz CT molecular complexity index is 1340. The number of rotatable bonds is 8. The van der Waals surface area contributed by atoms with Gasteiger partial charge in [0.05, 0.1) is 31.0 Å². The van der Waals surface area contributed by atoms with E-state index in [-0.39, 0.29) is 12.2 Å². The third-order valence-corrected chi connectivity index (χ3v) is 7.84. The first-order chi connectivity index (χ1) is 16.7. The molecule has 1 N–H and O–H groups in total. The van der Waals surface area contributed by atoms with Crippen LogP contribution in [-0.2, 0) is 30.7 Å². The van der Waals surface area contributed by atoms with E-state index in [1.54, 1.807) is 0 Å². The first-order valence-corrected chi connectivity index (χ1v) is 13.6. The van der Waals surface area contributed by atoms with E-state index in [4.69, 9.17) is 9.72 Å². The number of methoxy groups -OCH3 is 1. The van der Waals surface area contributed by atoms with Crippen LogP contribution in [0.1, 0.15) is 48.9 Å². The van der Waals surface area contributed by atoms with Gasteiger partial charge >= 0.3 is 5.97 Å². The summed E-state index contributed by atoms with van der Waals surface area (Å²) in [7, 11) is -2.68. The molecule has 0 saturated heterocycles. The predicted molar refractivity (Wildman–Crippen MR) is 132 cm³/mol. The van der Waals surface area contributed by atoms with Gasteiger partial charge in [-0.15, -0.1) is 0 Å². The van der Waals surface area contributed by atoms with E-state index >= 15 is 0 Å². The van der Waals surface area contributed by atoms with Crippen molar-refractivity contribution in [3.8, 4) is 17.5 Å². The van der Waals surface area contributed by atoms with Gasteiger partial charge in [-0.25, -0.2) is 18.1 Å². The minimum Gasteiger partial charge on any atom is -0.468 e. The SMILES string of the molecule is COC(=O)CS(=O)(=O)N[C@H]1CCc2c(-c3nsc(C4=CCC(OC(C)C)C(C#N)=C4)n3)cccc21. The summed E-state index contributed by atoms with van der Waals surface area (Å²) in [5.41, 5.74) is 4.09. The van der Waals surface area contributed by atoms with Gasteiger partial charge in [-0.05, 0) is 61.8 Å². The fourth-order valence-electron chi connectivity index (χ4n) is 4.30. The fourth-order valence-corrected chi connectivity index (χ4v) is 6.18. The maximum absolute atomic E-state index is 12.4. The number of esters is 1. The average molecular weight is 515 g/mol. The number of sulfonamides is 1. The quantitative estimate of drug-likeness (QED) is 0.531. The largest absolute Gasteiger partial charge is 0.468 e. The van der Waals surface area contributed by atoms with Crippen LogP contribution in [0.15, 0.2) is 35.9 Å². The molecule has 4 rings (SSSR count). The van der Waals surface area contributed by atoms with Crippen molar-refractivity contribution in [2.24, 2.45) is 0 Å². The molecule has 1 aromatic heterocycles. The minimum absolute atomic E-state index is 0.0220. The van der Waals surface area contributed by atoms with Crippen LogP contribution in [0.3, 0.4) is 0 Å². The zero-order valence-electron chi connectivity index (χ0n) is 19.6. The molecule has 0 spiro atoms. The van der Waals surface area contributed by atoms with Crippen LogP contribution in [0.5, 0.6) is 0 Å². The zero-order valence-corrected chi connectivity index (χ0v) is 21.3. The molecule has 2 atom stereocenters. The molecule has 0 amide bonds. The lowest BCUT2D eigenvalue weighted by molar-refractivity contribution is -0.137. The molecule has 11 heteroatoms. The number of carbonyl (C=O) groups excluding carboxylic acids is 1. The molecule has 0 saturated carbocycles. The summed E-state index contributed by atoms with van der Waals surface area (Å²) in [5.74, 6) is -0.966. The number of benzene rings is 1. The lowest BCUT2D eigenvalue weighted by Gasteiger charge is -2.21. The van der Waals surface area contributed by atoms with Gasteiger partial charge in [0.15, 0.2) is 11.6 Å². The lowest BCUT2D eigenvalue weighted by Crippen LogP contribution is -2.33. The van der Waals surface area contributed by atoms with E-state index in [0.29, 0.717) is 35.7 Å². The van der Waals surface area contributed by atoms with E-state index in [1.807, 2.05) is 44.2 Å². The normalized spacial score (nSPS) is 19.6. The molecule has 2 aliphatic carbocycles. The van der Waals surface area contributed by atoms with Crippen molar-refractivity contribution < 1.29 is 22.7 Å². The highest BCUT2D eigenvalue weighted by Crippen LogP contribution is 2.38. The monoisotopic (exact) mass is 514 g/mol. The number of fused-ring (bicyclic) bond motifs is 1. The van der Waals surface area contributed by atoms with Crippen molar-refractivity contribution in [3.05, 3.63) is 52.1 Å². The number of carbonyl (C=O) groups is 1. The highest BCUT2D eigenvalue weighted by atomic mass is 32.2. The van der Waals surface area contributed by atoms with Gasteiger partial charge in [-0.1, -0.05) is 24.3 Å². The smallest absolute Gasteiger partial charge is 0.322 e. The van der Waals surface area contributed by atoms with Gasteiger partial charge in [0.25, 0.3) is 0 Å². The van der Waals surface area contributed by atoms with E-state index in [9.17, 15) is 18.5 Å². The van der Waals surface area contributed by atoms with Crippen molar-refractivity contribution in [2.75, 3.05) is 12.9 Å². The third-order valence-electron chi connectivity index (χ3n) is 5.82. The molecule has 1 unspecified atom stereocenters. The number of hydrogen-bond donors (Lipinski definition) is 1. The van der Waals surface area contributed by atoms with Gasteiger partial charge in [0.1, 0.15) is 5.01 Å². The zero-order chi connectivity index (χ0) is 25.2. The van der Waals surface area contributed by atoms with Crippen molar-refractivity contribution in [1.29, 1.82) is 5.26 Å². The lowest BCUT2D eigenvalue weighted by atomic mass is 9.97. The average Bonchev–Trinajstić information content (AvgIpc) is 3.46. The van der Waals surface area contributed by atoms with Crippen LogP contribution in [0.25, 0.3) is 17.0 Å². The summed E-state index contributed by atoms with van der Waals surface area (Å²) in [5, 5.41) is 10.3. The van der Waals surface area contributed by atoms with Crippen LogP contribution in [-0.4, -0.2) is 48.8 Å². The molecule has 0 radical (unpaired) electrons. The van der Waals surface area contributed by atoms with Crippen molar-refractivity contribution >= 4 is 33.1 Å². The summed E-state index contributed by atoms with van der Waals surface area (Å²) in [4.78, 5) is 16.2. The van der Waals surface area contributed by atoms with E-state index in [2.05, 4.69) is 19.9 Å². The molecule has 2 aromatic rings. The first-order valence-electron chi connectivity index (χ1n) is 11.2. The minimum atomic E-state index is -3.83. The number of nitriles is 1. The Kier molecular flexibility index (Phi) is 7.47. The number of nitrogens with one attached hydrogen (secondary N) is 1. The number of hydrogen-bond acceptors (Lipinski definition) is 9. The summed E-state index contributed by atoms with van der Waals surface area (Å²) in [6.45, 7) is 3.89. The summed E-state index contributed by atoms with van der Waals surface area (Å²) in [6, 6.07) is 7.46. The molecule has 1 heterocycles. The van der Waals surface area contributed by atoms with Gasteiger partial charge < -0.3 is 9.47 Å². The summed E-state index contributed by atoms with van der Waals surface area (Å²) >= 11 is 1.26. The number of allylic oxidation sites excluding steroid dienone is 2. The number of aromatic nitrogens is 2. The van der Waals surface area contributed by atoms with E-state index in [1.165, 1.54) is 11.5 Å².